The summed E-state index contributed by atoms with van der Waals surface area (Å²) in [5, 5.41) is 10.7. The summed E-state index contributed by atoms with van der Waals surface area (Å²) in [4.78, 5) is 7.14. The number of fused-ring (bicyclic) bond motifs is 1. The van der Waals surface area contributed by atoms with Crippen molar-refractivity contribution in [3.05, 3.63) is 77.4 Å². The van der Waals surface area contributed by atoms with Crippen molar-refractivity contribution >= 4 is 28.2 Å². The molecule has 1 saturated heterocycles. The number of hydrogen-bond acceptors (Lipinski definition) is 5. The van der Waals surface area contributed by atoms with E-state index in [1.54, 1.807) is 7.11 Å². The van der Waals surface area contributed by atoms with E-state index in [4.69, 9.17) is 31.3 Å². The Morgan fingerprint density at radius 2 is 1.74 bits per heavy atom. The number of benzene rings is 3. The number of ether oxygens (including phenoxy) is 2. The van der Waals surface area contributed by atoms with Crippen molar-refractivity contribution in [2.24, 2.45) is 0 Å². The van der Waals surface area contributed by atoms with E-state index in [-0.39, 0.29) is 12.2 Å². The van der Waals surface area contributed by atoms with Crippen molar-refractivity contribution in [2.75, 3.05) is 25.1 Å². The molecule has 4 aromatic rings. The summed E-state index contributed by atoms with van der Waals surface area (Å²) in [6.07, 6.45) is 2.17. The van der Waals surface area contributed by atoms with E-state index in [1.165, 1.54) is 0 Å². The van der Waals surface area contributed by atoms with Crippen molar-refractivity contribution in [1.29, 1.82) is 5.26 Å². The molecular weight excluding hydrogens is 458 g/mol. The van der Waals surface area contributed by atoms with Gasteiger partial charge in [0.1, 0.15) is 5.75 Å². The molecule has 176 valence electrons. The van der Waals surface area contributed by atoms with Crippen LogP contribution in [0.5, 0.6) is 5.75 Å². The van der Waals surface area contributed by atoms with Gasteiger partial charge in [0.05, 0.1) is 41.5 Å². The molecule has 2 heterocycles. The molecular formula is C29H26ClN3O2. The molecule has 1 aromatic heterocycles. The zero-order chi connectivity index (χ0) is 24.5. The summed E-state index contributed by atoms with van der Waals surface area (Å²) in [7, 11) is 1.67. The van der Waals surface area contributed by atoms with Gasteiger partial charge < -0.3 is 14.4 Å². The Morgan fingerprint density at radius 1 is 1.00 bits per heavy atom. The molecule has 2 atom stereocenters. The van der Waals surface area contributed by atoms with Gasteiger partial charge in [-0.3, -0.25) is 4.98 Å². The first-order valence-electron chi connectivity index (χ1n) is 11.6. The molecule has 5 nitrogen and oxygen atoms in total. The number of para-hydroxylation sites is 1. The van der Waals surface area contributed by atoms with Crippen LogP contribution in [0.15, 0.2) is 66.9 Å². The molecule has 0 spiro atoms. The van der Waals surface area contributed by atoms with Crippen molar-refractivity contribution in [1.82, 2.24) is 4.98 Å². The number of aromatic nitrogens is 1. The molecule has 6 heteroatoms. The van der Waals surface area contributed by atoms with E-state index in [0.29, 0.717) is 10.6 Å². The van der Waals surface area contributed by atoms with Crippen LogP contribution in [0.1, 0.15) is 19.4 Å². The first-order chi connectivity index (χ1) is 17.0. The van der Waals surface area contributed by atoms with Crippen molar-refractivity contribution in [3.63, 3.8) is 0 Å². The monoisotopic (exact) mass is 483 g/mol. The maximum Gasteiger partial charge on any atom is 0.137 e. The lowest BCUT2D eigenvalue weighted by Gasteiger charge is -2.37. The van der Waals surface area contributed by atoms with Crippen LogP contribution >= 0.6 is 11.6 Å². The van der Waals surface area contributed by atoms with Crippen LogP contribution in [0.4, 0.5) is 5.69 Å². The molecule has 1 fully saturated rings. The maximum absolute atomic E-state index is 9.12. The van der Waals surface area contributed by atoms with Gasteiger partial charge in [0.15, 0.2) is 0 Å². The molecule has 0 saturated carbocycles. The number of nitrogens with zero attached hydrogens (tertiary/aromatic N) is 3. The quantitative estimate of drug-likeness (QED) is 0.322. The van der Waals surface area contributed by atoms with Crippen LogP contribution in [0.2, 0.25) is 5.02 Å². The minimum Gasteiger partial charge on any atom is -0.495 e. The minimum atomic E-state index is 0.173. The molecule has 0 aliphatic carbocycles. The fourth-order valence-electron chi connectivity index (χ4n) is 4.88. The van der Waals surface area contributed by atoms with Crippen LogP contribution in [0, 0.1) is 11.3 Å². The fourth-order valence-corrected chi connectivity index (χ4v) is 5.15. The van der Waals surface area contributed by atoms with E-state index in [9.17, 15) is 0 Å². The van der Waals surface area contributed by atoms with Crippen LogP contribution in [0.25, 0.3) is 33.2 Å². The molecule has 0 amide bonds. The average Bonchev–Trinajstić information content (AvgIpc) is 2.87. The van der Waals surface area contributed by atoms with Gasteiger partial charge in [0.25, 0.3) is 0 Å². The van der Waals surface area contributed by atoms with E-state index < -0.39 is 0 Å². The molecule has 5 rings (SSSR count). The normalized spacial score (nSPS) is 17.9. The van der Waals surface area contributed by atoms with Crippen molar-refractivity contribution in [3.8, 4) is 34.1 Å². The molecule has 0 bridgehead atoms. The zero-order valence-corrected chi connectivity index (χ0v) is 20.7. The zero-order valence-electron chi connectivity index (χ0n) is 20.0. The van der Waals surface area contributed by atoms with E-state index >= 15 is 0 Å². The molecule has 1 aliphatic heterocycles. The predicted octanol–water partition coefficient (Wildman–Crippen LogP) is 6.72. The second-order valence-corrected chi connectivity index (χ2v) is 9.33. The summed E-state index contributed by atoms with van der Waals surface area (Å²) < 4.78 is 11.8. The van der Waals surface area contributed by atoms with E-state index in [1.807, 2.05) is 60.8 Å². The Bertz CT molecular complexity index is 1420. The lowest BCUT2D eigenvalue weighted by atomic mass is 9.98. The van der Waals surface area contributed by atoms with Gasteiger partial charge in [-0.2, -0.15) is 5.26 Å². The highest BCUT2D eigenvalue weighted by molar-refractivity contribution is 6.33. The van der Waals surface area contributed by atoms with Crippen LogP contribution < -0.4 is 9.64 Å². The maximum atomic E-state index is 9.12. The lowest BCUT2D eigenvalue weighted by molar-refractivity contribution is -0.00521. The number of morpholine rings is 1. The fraction of sp³-hybridized carbons (Fsp3) is 0.241. The first-order valence-corrected chi connectivity index (χ1v) is 12.0. The van der Waals surface area contributed by atoms with Gasteiger partial charge in [0, 0.05) is 47.1 Å². The van der Waals surface area contributed by atoms with Gasteiger partial charge in [-0.1, -0.05) is 41.9 Å². The topological polar surface area (TPSA) is 58.4 Å². The van der Waals surface area contributed by atoms with Crippen LogP contribution in [-0.4, -0.2) is 37.4 Å². The molecule has 0 N–H and O–H groups in total. The van der Waals surface area contributed by atoms with Gasteiger partial charge in [-0.25, -0.2) is 0 Å². The average molecular weight is 484 g/mol. The Labute approximate surface area is 210 Å². The first kappa shape index (κ1) is 23.2. The van der Waals surface area contributed by atoms with E-state index in [0.717, 1.165) is 57.7 Å². The lowest BCUT2D eigenvalue weighted by Crippen LogP contribution is -2.45. The third-order valence-corrected chi connectivity index (χ3v) is 6.72. The molecule has 3 aromatic carbocycles. The highest BCUT2D eigenvalue weighted by Gasteiger charge is 2.23. The number of halogens is 1. The predicted molar refractivity (Wildman–Crippen MR) is 141 cm³/mol. The molecule has 0 radical (unpaired) electrons. The highest BCUT2D eigenvalue weighted by atomic mass is 35.5. The summed E-state index contributed by atoms with van der Waals surface area (Å²) >= 11 is 6.82. The summed E-state index contributed by atoms with van der Waals surface area (Å²) in [5.74, 6) is 0.730. The van der Waals surface area contributed by atoms with Crippen LogP contribution in [0.3, 0.4) is 0 Å². The smallest absolute Gasteiger partial charge is 0.137 e. The minimum absolute atomic E-state index is 0.173. The summed E-state index contributed by atoms with van der Waals surface area (Å²) in [6, 6.07) is 21.9. The number of hydrogen-bond donors (Lipinski definition) is 0. The Balaban J connectivity index is 1.56. The Hall–Kier alpha value is -3.59. The molecule has 1 aliphatic rings. The van der Waals surface area contributed by atoms with Crippen molar-refractivity contribution < 1.29 is 9.47 Å². The number of anilines is 1. The number of methoxy groups -OCH3 is 1. The number of nitriles is 1. The number of rotatable bonds is 4. The Morgan fingerprint density at radius 3 is 2.40 bits per heavy atom. The summed E-state index contributed by atoms with van der Waals surface area (Å²) in [5.41, 5.74) is 6.23. The van der Waals surface area contributed by atoms with Gasteiger partial charge in [-0.05, 0) is 49.7 Å². The second-order valence-electron chi connectivity index (χ2n) is 8.92. The third-order valence-electron chi connectivity index (χ3n) is 6.40. The third kappa shape index (κ3) is 4.43. The van der Waals surface area contributed by atoms with Crippen LogP contribution in [-0.2, 0) is 4.74 Å². The highest BCUT2D eigenvalue weighted by Crippen LogP contribution is 2.42. The Kier molecular flexibility index (Phi) is 6.34. The van der Waals surface area contributed by atoms with E-state index in [2.05, 4.69) is 30.9 Å². The molecule has 35 heavy (non-hydrogen) atoms. The van der Waals surface area contributed by atoms with Gasteiger partial charge in [0.2, 0.25) is 0 Å². The second kappa shape index (κ2) is 9.58. The van der Waals surface area contributed by atoms with Gasteiger partial charge >= 0.3 is 0 Å². The largest absolute Gasteiger partial charge is 0.495 e. The SMILES string of the molecule is COc1c(-c2ccc(N3CC(C)O[C@H](C)C3)cc2Cl)cnc2c(-c3ccc(C#N)cc3)cccc12. The molecule has 1 unspecified atom stereocenters. The standard InChI is InChI=1S/C29H26ClN3O2/c1-18-16-33(17-19(2)35-18)22-11-12-24(27(30)13-22)26-15-32-28-23(5-4-6-25(28)29(26)34-3)21-9-7-20(14-31)8-10-21/h4-13,15,18-19H,16-17H2,1-3H3/t18-,19?/m1/s1. The van der Waals surface area contributed by atoms with Gasteiger partial charge in [-0.15, -0.1) is 0 Å². The summed E-state index contributed by atoms with van der Waals surface area (Å²) in [6.45, 7) is 5.85. The van der Waals surface area contributed by atoms with Crippen molar-refractivity contribution in [2.45, 2.75) is 26.1 Å². The number of pyridine rings is 1.